The van der Waals surface area contributed by atoms with E-state index in [1.54, 1.807) is 0 Å². The lowest BCUT2D eigenvalue weighted by molar-refractivity contribution is 0.153. The monoisotopic (exact) mass is 491 g/mol. The van der Waals surface area contributed by atoms with E-state index >= 15 is 0 Å². The topological polar surface area (TPSA) is 56.8 Å². The van der Waals surface area contributed by atoms with Gasteiger partial charge in [0.05, 0.1) is 29.3 Å². The summed E-state index contributed by atoms with van der Waals surface area (Å²) in [6.45, 7) is 2.54. The molecule has 166 valence electrons. The zero-order valence-corrected chi connectivity index (χ0v) is 20.1. The van der Waals surface area contributed by atoms with Crippen molar-refractivity contribution in [2.45, 2.75) is 44.9 Å². The molecule has 1 atom stereocenters. The van der Waals surface area contributed by atoms with E-state index in [-0.39, 0.29) is 17.0 Å². The van der Waals surface area contributed by atoms with Crippen molar-refractivity contribution in [2.24, 2.45) is 0 Å². The lowest BCUT2D eigenvalue weighted by Gasteiger charge is -2.34. The highest BCUT2D eigenvalue weighted by atomic mass is 79.9. The smallest absolute Gasteiger partial charge is 0.121 e. The third-order valence-corrected chi connectivity index (χ3v) is 6.19. The minimum absolute atomic E-state index is 0. The number of imidazole rings is 1. The molecule has 2 heterocycles. The Hall–Kier alpha value is -2.54. The largest absolute Gasteiger partial charge is 0.341 e. The molecule has 2 aromatic heterocycles. The van der Waals surface area contributed by atoms with Gasteiger partial charge in [-0.15, -0.1) is 17.0 Å². The van der Waals surface area contributed by atoms with Gasteiger partial charge in [0.15, 0.2) is 0 Å². The number of halogens is 1. The fourth-order valence-corrected chi connectivity index (χ4v) is 4.69. The standard InChI is InChI=1S/C26H29N5.BrH/c1-27-16-19-11-13-20(14-12-19)17-31(18-25-29-22-8-2-3-9-23(22)30-25)24-10-4-6-21-7-5-15-28-26(21)24;/h2-3,5,7-9,11-15,24,27H,4,6,10,16-18H2,1H3,(H,29,30);1H. The SMILES string of the molecule is Br.CNCc1ccc(CN(Cc2nc3ccccc3[nH]2)C2CCCc3cccnc32)cc1. The van der Waals surface area contributed by atoms with Crippen LogP contribution in [0.4, 0.5) is 0 Å². The molecule has 32 heavy (non-hydrogen) atoms. The van der Waals surface area contributed by atoms with Crippen LogP contribution in [0.15, 0.2) is 66.9 Å². The molecule has 0 radical (unpaired) electrons. The number of aryl methyl sites for hydroxylation is 1. The molecule has 1 aliphatic rings. The zero-order chi connectivity index (χ0) is 21.0. The number of H-pyrrole nitrogens is 1. The van der Waals surface area contributed by atoms with Crippen molar-refractivity contribution >= 4 is 28.0 Å². The van der Waals surface area contributed by atoms with E-state index in [0.29, 0.717) is 6.04 Å². The molecule has 5 rings (SSSR count). The molecule has 4 aromatic rings. The molecular formula is C26H30BrN5. The summed E-state index contributed by atoms with van der Waals surface area (Å²) in [5.41, 5.74) is 7.36. The van der Waals surface area contributed by atoms with Crippen LogP contribution in [0.2, 0.25) is 0 Å². The number of aromatic amines is 1. The van der Waals surface area contributed by atoms with Crippen molar-refractivity contribution < 1.29 is 0 Å². The van der Waals surface area contributed by atoms with Gasteiger partial charge in [-0.3, -0.25) is 9.88 Å². The number of para-hydroxylation sites is 2. The first kappa shape index (κ1) is 22.6. The van der Waals surface area contributed by atoms with E-state index in [4.69, 9.17) is 9.97 Å². The quantitative estimate of drug-likeness (QED) is 0.366. The van der Waals surface area contributed by atoms with Gasteiger partial charge in [-0.1, -0.05) is 42.5 Å². The molecule has 0 amide bonds. The van der Waals surface area contributed by atoms with Crippen LogP contribution < -0.4 is 5.32 Å². The van der Waals surface area contributed by atoms with Crippen molar-refractivity contribution in [3.8, 4) is 0 Å². The van der Waals surface area contributed by atoms with Crippen LogP contribution in [-0.2, 0) is 26.1 Å². The number of hydrogen-bond acceptors (Lipinski definition) is 4. The number of benzene rings is 2. The summed E-state index contributed by atoms with van der Waals surface area (Å²) in [7, 11) is 1.98. The Morgan fingerprint density at radius 2 is 1.81 bits per heavy atom. The normalized spacial score (nSPS) is 15.5. The molecule has 1 aliphatic carbocycles. The Morgan fingerprint density at radius 1 is 1.00 bits per heavy atom. The summed E-state index contributed by atoms with van der Waals surface area (Å²) in [5.74, 6) is 1.01. The van der Waals surface area contributed by atoms with E-state index in [2.05, 4.69) is 69.8 Å². The minimum Gasteiger partial charge on any atom is -0.341 e. The molecule has 0 saturated heterocycles. The fourth-order valence-electron chi connectivity index (χ4n) is 4.69. The molecule has 0 spiro atoms. The van der Waals surface area contributed by atoms with Gasteiger partial charge in [-0.05, 0) is 61.2 Å². The van der Waals surface area contributed by atoms with Crippen LogP contribution in [0.5, 0.6) is 0 Å². The predicted octanol–water partition coefficient (Wildman–Crippen LogP) is 5.34. The summed E-state index contributed by atoms with van der Waals surface area (Å²) in [6.07, 6.45) is 5.38. The minimum atomic E-state index is 0. The number of nitrogens with zero attached hydrogens (tertiary/aromatic N) is 3. The van der Waals surface area contributed by atoms with Crippen molar-refractivity contribution in [2.75, 3.05) is 7.05 Å². The number of hydrogen-bond donors (Lipinski definition) is 2. The van der Waals surface area contributed by atoms with Crippen LogP contribution in [0.3, 0.4) is 0 Å². The Morgan fingerprint density at radius 3 is 2.62 bits per heavy atom. The van der Waals surface area contributed by atoms with Gasteiger partial charge < -0.3 is 10.3 Å². The lowest BCUT2D eigenvalue weighted by Crippen LogP contribution is -2.31. The Balaban J connectivity index is 0.00000245. The molecule has 0 saturated carbocycles. The van der Waals surface area contributed by atoms with Crippen LogP contribution in [0.25, 0.3) is 11.0 Å². The Kier molecular flexibility index (Phi) is 7.35. The second kappa shape index (κ2) is 10.4. The average molecular weight is 492 g/mol. The molecule has 0 aliphatic heterocycles. The van der Waals surface area contributed by atoms with Gasteiger partial charge in [-0.25, -0.2) is 4.98 Å². The molecular weight excluding hydrogens is 462 g/mol. The summed E-state index contributed by atoms with van der Waals surface area (Å²) in [4.78, 5) is 15.7. The third-order valence-electron chi connectivity index (χ3n) is 6.19. The second-order valence-corrected chi connectivity index (χ2v) is 8.41. The van der Waals surface area contributed by atoms with E-state index < -0.39 is 0 Å². The van der Waals surface area contributed by atoms with E-state index in [0.717, 1.165) is 49.3 Å². The molecule has 0 fully saturated rings. The van der Waals surface area contributed by atoms with Crippen LogP contribution >= 0.6 is 17.0 Å². The maximum Gasteiger partial charge on any atom is 0.121 e. The first-order valence-electron chi connectivity index (χ1n) is 11.1. The maximum absolute atomic E-state index is 4.86. The summed E-state index contributed by atoms with van der Waals surface area (Å²) < 4.78 is 0. The Bertz CT molecular complexity index is 1120. The number of pyridine rings is 1. The Labute approximate surface area is 200 Å². The summed E-state index contributed by atoms with van der Waals surface area (Å²) >= 11 is 0. The van der Waals surface area contributed by atoms with Gasteiger partial charge in [-0.2, -0.15) is 0 Å². The molecule has 2 N–H and O–H groups in total. The molecule has 1 unspecified atom stereocenters. The van der Waals surface area contributed by atoms with E-state index in [1.807, 2.05) is 19.3 Å². The molecule has 2 aromatic carbocycles. The van der Waals surface area contributed by atoms with E-state index in [9.17, 15) is 0 Å². The molecule has 5 nitrogen and oxygen atoms in total. The van der Waals surface area contributed by atoms with Crippen molar-refractivity contribution in [3.05, 3.63) is 95.1 Å². The van der Waals surface area contributed by atoms with Crippen LogP contribution in [0, 0.1) is 0 Å². The highest BCUT2D eigenvalue weighted by Gasteiger charge is 2.28. The van der Waals surface area contributed by atoms with Crippen molar-refractivity contribution in [1.82, 2.24) is 25.2 Å². The van der Waals surface area contributed by atoms with Gasteiger partial charge in [0, 0.05) is 19.3 Å². The number of nitrogens with one attached hydrogen (secondary N) is 2. The molecule has 0 bridgehead atoms. The first-order valence-corrected chi connectivity index (χ1v) is 11.1. The number of rotatable bonds is 7. The van der Waals surface area contributed by atoms with Crippen LogP contribution in [0.1, 0.15) is 47.1 Å². The maximum atomic E-state index is 4.86. The number of fused-ring (bicyclic) bond motifs is 2. The van der Waals surface area contributed by atoms with Crippen molar-refractivity contribution in [1.29, 1.82) is 0 Å². The zero-order valence-electron chi connectivity index (χ0n) is 18.4. The first-order chi connectivity index (χ1) is 15.3. The fraction of sp³-hybridized carbons (Fsp3) is 0.308. The summed E-state index contributed by atoms with van der Waals surface area (Å²) in [6, 6.07) is 21.8. The molecule has 6 heteroatoms. The highest BCUT2D eigenvalue weighted by Crippen LogP contribution is 2.34. The second-order valence-electron chi connectivity index (χ2n) is 8.41. The van der Waals surface area contributed by atoms with E-state index in [1.165, 1.54) is 28.8 Å². The van der Waals surface area contributed by atoms with Gasteiger partial charge in [0.25, 0.3) is 0 Å². The lowest BCUT2D eigenvalue weighted by atomic mass is 9.90. The summed E-state index contributed by atoms with van der Waals surface area (Å²) in [5, 5.41) is 3.22. The number of aromatic nitrogens is 3. The third kappa shape index (κ3) is 4.93. The van der Waals surface area contributed by atoms with Gasteiger partial charge >= 0.3 is 0 Å². The van der Waals surface area contributed by atoms with Gasteiger partial charge in [0.2, 0.25) is 0 Å². The average Bonchev–Trinajstić information content (AvgIpc) is 3.22. The van der Waals surface area contributed by atoms with Gasteiger partial charge in [0.1, 0.15) is 5.82 Å². The highest BCUT2D eigenvalue weighted by molar-refractivity contribution is 8.93. The predicted molar refractivity (Wildman–Crippen MR) is 135 cm³/mol. The van der Waals surface area contributed by atoms with Crippen LogP contribution in [-0.4, -0.2) is 26.9 Å². The van der Waals surface area contributed by atoms with Crippen molar-refractivity contribution in [3.63, 3.8) is 0 Å².